The van der Waals surface area contributed by atoms with Crippen LogP contribution in [0.25, 0.3) is 0 Å². The molecule has 0 aliphatic carbocycles. The fraction of sp³-hybridized carbons (Fsp3) is 0.600. The van der Waals surface area contributed by atoms with E-state index < -0.39 is 5.41 Å². The van der Waals surface area contributed by atoms with Crippen LogP contribution in [-0.2, 0) is 4.79 Å². The molecule has 0 atom stereocenters. The van der Waals surface area contributed by atoms with E-state index in [0.29, 0.717) is 18.8 Å². The van der Waals surface area contributed by atoms with Crippen LogP contribution in [0.4, 0.5) is 0 Å². The van der Waals surface area contributed by atoms with Crippen LogP contribution in [0.3, 0.4) is 0 Å². The predicted molar refractivity (Wildman–Crippen MR) is 80.3 cm³/mol. The summed E-state index contributed by atoms with van der Waals surface area (Å²) in [6, 6.07) is 3.47. The molecule has 21 heavy (non-hydrogen) atoms. The Morgan fingerprint density at radius 2 is 2.10 bits per heavy atom. The third kappa shape index (κ3) is 3.79. The third-order valence-corrected chi connectivity index (χ3v) is 4.47. The Hall–Kier alpha value is -1.49. The van der Waals surface area contributed by atoms with Gasteiger partial charge in [-0.1, -0.05) is 0 Å². The molecule has 1 aromatic rings. The van der Waals surface area contributed by atoms with Crippen molar-refractivity contribution >= 4 is 23.4 Å². The molecular weight excluding hydrogens is 292 g/mol. The van der Waals surface area contributed by atoms with E-state index in [-0.39, 0.29) is 23.7 Å². The maximum Gasteiger partial charge on any atom is 0.289 e. The van der Waals surface area contributed by atoms with Crippen molar-refractivity contribution < 1.29 is 14.0 Å². The van der Waals surface area contributed by atoms with Gasteiger partial charge >= 0.3 is 0 Å². The van der Waals surface area contributed by atoms with Crippen LogP contribution in [0, 0.1) is 5.41 Å². The number of carbonyl (C=O) groups excluding carboxylic acids is 2. The van der Waals surface area contributed by atoms with Crippen LogP contribution >= 0.6 is 11.6 Å². The lowest BCUT2D eigenvalue weighted by Crippen LogP contribution is -2.49. The Morgan fingerprint density at radius 3 is 2.62 bits per heavy atom. The van der Waals surface area contributed by atoms with Gasteiger partial charge in [0, 0.05) is 25.0 Å². The second-order valence-corrected chi connectivity index (χ2v) is 6.30. The number of hydrogen-bond donors (Lipinski definition) is 1. The summed E-state index contributed by atoms with van der Waals surface area (Å²) in [5.74, 6) is 0.522. The fourth-order valence-electron chi connectivity index (χ4n) is 2.22. The molecule has 0 bridgehead atoms. The number of carbonyl (C=O) groups is 2. The molecule has 1 aliphatic heterocycles. The first-order valence-electron chi connectivity index (χ1n) is 7.14. The Bertz CT molecular complexity index is 491. The number of hydrogen-bond acceptors (Lipinski definition) is 3. The van der Waals surface area contributed by atoms with E-state index in [1.807, 2.05) is 13.8 Å². The van der Waals surface area contributed by atoms with Gasteiger partial charge in [-0.15, -0.1) is 11.6 Å². The number of amides is 2. The second-order valence-electron chi connectivity index (χ2n) is 6.03. The number of halogens is 1. The van der Waals surface area contributed by atoms with Gasteiger partial charge in [-0.3, -0.25) is 9.59 Å². The summed E-state index contributed by atoms with van der Waals surface area (Å²) in [5, 5.41) is 3.02. The van der Waals surface area contributed by atoms with Gasteiger partial charge in [0.1, 0.15) is 0 Å². The van der Waals surface area contributed by atoms with Crippen molar-refractivity contribution in [3.05, 3.63) is 24.2 Å². The summed E-state index contributed by atoms with van der Waals surface area (Å²) < 4.78 is 5.12. The molecule has 1 saturated heterocycles. The minimum atomic E-state index is -0.567. The van der Waals surface area contributed by atoms with Crippen LogP contribution in [-0.4, -0.2) is 41.7 Å². The van der Waals surface area contributed by atoms with Gasteiger partial charge < -0.3 is 14.6 Å². The molecule has 0 radical (unpaired) electrons. The van der Waals surface area contributed by atoms with Gasteiger partial charge in [0.25, 0.3) is 5.91 Å². The quantitative estimate of drug-likeness (QED) is 0.868. The molecule has 0 aromatic carbocycles. The highest BCUT2D eigenvalue weighted by atomic mass is 35.5. The van der Waals surface area contributed by atoms with E-state index in [4.69, 9.17) is 16.0 Å². The standard InChI is InChI=1S/C15H21ClN2O3/c1-15(2,10-16)14(20)17-11-5-7-18(8-6-11)13(19)12-4-3-9-21-12/h3-4,9,11H,5-8,10H2,1-2H3,(H,17,20). The molecular formula is C15H21ClN2O3. The Balaban J connectivity index is 1.84. The molecule has 2 rings (SSSR count). The largest absolute Gasteiger partial charge is 0.459 e. The number of nitrogens with one attached hydrogen (secondary N) is 1. The Morgan fingerprint density at radius 1 is 1.43 bits per heavy atom. The molecule has 2 heterocycles. The zero-order valence-corrected chi connectivity index (χ0v) is 13.2. The average Bonchev–Trinajstić information content (AvgIpc) is 3.01. The zero-order valence-electron chi connectivity index (χ0n) is 12.4. The van der Waals surface area contributed by atoms with Gasteiger partial charge in [0.2, 0.25) is 5.91 Å². The second kappa shape index (κ2) is 6.52. The SMILES string of the molecule is CC(C)(CCl)C(=O)NC1CCN(C(=O)c2ccco2)CC1. The fourth-order valence-corrected chi connectivity index (χ4v) is 2.35. The van der Waals surface area contributed by atoms with Crippen LogP contribution in [0.1, 0.15) is 37.2 Å². The van der Waals surface area contributed by atoms with Gasteiger partial charge in [-0.2, -0.15) is 0 Å². The smallest absolute Gasteiger partial charge is 0.289 e. The maximum atomic E-state index is 12.1. The minimum Gasteiger partial charge on any atom is -0.459 e. The maximum absolute atomic E-state index is 12.1. The first-order valence-corrected chi connectivity index (χ1v) is 7.67. The zero-order chi connectivity index (χ0) is 15.5. The lowest BCUT2D eigenvalue weighted by Gasteiger charge is -2.33. The lowest BCUT2D eigenvalue weighted by molar-refractivity contribution is -0.129. The molecule has 6 heteroatoms. The number of piperidine rings is 1. The Kier molecular flexibility index (Phi) is 4.93. The monoisotopic (exact) mass is 312 g/mol. The number of rotatable bonds is 4. The van der Waals surface area contributed by atoms with E-state index >= 15 is 0 Å². The normalized spacial score (nSPS) is 16.8. The predicted octanol–water partition coefficient (Wildman–Crippen LogP) is 2.27. The molecule has 1 N–H and O–H groups in total. The number of furan rings is 1. The summed E-state index contributed by atoms with van der Waals surface area (Å²) >= 11 is 5.80. The first-order chi connectivity index (χ1) is 9.94. The van der Waals surface area contributed by atoms with Gasteiger partial charge in [-0.05, 0) is 38.8 Å². The highest BCUT2D eigenvalue weighted by molar-refractivity contribution is 6.19. The topological polar surface area (TPSA) is 62.6 Å². The summed E-state index contributed by atoms with van der Waals surface area (Å²) in [6.45, 7) is 4.88. The highest BCUT2D eigenvalue weighted by Gasteiger charge is 2.31. The van der Waals surface area contributed by atoms with Gasteiger partial charge in [0.05, 0.1) is 11.7 Å². The third-order valence-electron chi connectivity index (χ3n) is 3.80. The van der Waals surface area contributed by atoms with Crippen molar-refractivity contribution in [2.24, 2.45) is 5.41 Å². The van der Waals surface area contributed by atoms with Crippen molar-refractivity contribution in [2.75, 3.05) is 19.0 Å². The summed E-state index contributed by atoms with van der Waals surface area (Å²) in [5.41, 5.74) is -0.567. The lowest BCUT2D eigenvalue weighted by atomic mass is 9.93. The van der Waals surface area contributed by atoms with Crippen molar-refractivity contribution in [3.63, 3.8) is 0 Å². The summed E-state index contributed by atoms with van der Waals surface area (Å²) in [6.07, 6.45) is 2.99. The van der Waals surface area contributed by atoms with Gasteiger partial charge in [0.15, 0.2) is 5.76 Å². The van der Waals surface area contributed by atoms with E-state index in [0.717, 1.165) is 12.8 Å². The van der Waals surface area contributed by atoms with E-state index in [1.54, 1.807) is 17.0 Å². The average molecular weight is 313 g/mol. The van der Waals surface area contributed by atoms with E-state index in [2.05, 4.69) is 5.32 Å². The molecule has 5 nitrogen and oxygen atoms in total. The summed E-state index contributed by atoms with van der Waals surface area (Å²) in [7, 11) is 0. The number of alkyl halides is 1. The number of nitrogens with zero attached hydrogens (tertiary/aromatic N) is 1. The Labute approximate surface area is 129 Å². The van der Waals surface area contributed by atoms with Crippen molar-refractivity contribution in [1.29, 1.82) is 0 Å². The molecule has 1 aliphatic rings. The molecule has 2 amide bonds. The van der Waals surface area contributed by atoms with Gasteiger partial charge in [-0.25, -0.2) is 0 Å². The molecule has 1 fully saturated rings. The van der Waals surface area contributed by atoms with Crippen LogP contribution in [0.5, 0.6) is 0 Å². The van der Waals surface area contributed by atoms with Crippen molar-refractivity contribution in [2.45, 2.75) is 32.7 Å². The molecule has 0 saturated carbocycles. The highest BCUT2D eigenvalue weighted by Crippen LogP contribution is 2.19. The molecule has 0 spiro atoms. The van der Waals surface area contributed by atoms with Crippen LogP contribution in [0.2, 0.25) is 0 Å². The summed E-state index contributed by atoms with van der Waals surface area (Å²) in [4.78, 5) is 26.0. The molecule has 116 valence electrons. The van der Waals surface area contributed by atoms with E-state index in [9.17, 15) is 9.59 Å². The first kappa shape index (κ1) is 15.9. The van der Waals surface area contributed by atoms with Crippen molar-refractivity contribution in [1.82, 2.24) is 10.2 Å². The molecule has 0 unspecified atom stereocenters. The van der Waals surface area contributed by atoms with Crippen LogP contribution in [0.15, 0.2) is 22.8 Å². The van der Waals surface area contributed by atoms with Crippen LogP contribution < -0.4 is 5.32 Å². The molecule has 1 aromatic heterocycles. The minimum absolute atomic E-state index is 0.0340. The van der Waals surface area contributed by atoms with Crippen molar-refractivity contribution in [3.8, 4) is 0 Å². The number of likely N-dealkylation sites (tertiary alicyclic amines) is 1. The van der Waals surface area contributed by atoms with E-state index in [1.165, 1.54) is 6.26 Å².